The first-order chi connectivity index (χ1) is 13.2. The molecule has 0 N–H and O–H groups in total. The molecule has 0 unspecified atom stereocenters. The average molecular weight is 372 g/mol. The summed E-state index contributed by atoms with van der Waals surface area (Å²) in [6.45, 7) is 5.08. The molecule has 27 heavy (non-hydrogen) atoms. The van der Waals surface area contributed by atoms with Gasteiger partial charge in [-0.15, -0.1) is 0 Å². The van der Waals surface area contributed by atoms with Crippen molar-refractivity contribution in [3.05, 3.63) is 48.0 Å². The lowest BCUT2D eigenvalue weighted by Crippen LogP contribution is -2.00. The topological polar surface area (TPSA) is 18.5 Å². The fourth-order valence-electron chi connectivity index (χ4n) is 3.25. The second kappa shape index (κ2) is 9.03. The normalized spacial score (nSPS) is 11.3. The summed E-state index contributed by atoms with van der Waals surface area (Å²) in [6, 6.07) is 10.1. The van der Waals surface area contributed by atoms with Crippen LogP contribution < -0.4 is 9.47 Å². The minimum Gasteiger partial charge on any atom is -0.491 e. The number of benzene rings is 3. The van der Waals surface area contributed by atoms with Crippen molar-refractivity contribution in [3.8, 4) is 11.5 Å². The van der Waals surface area contributed by atoms with Gasteiger partial charge in [0.15, 0.2) is 23.1 Å². The second-order valence-electron chi connectivity index (χ2n) is 6.77. The molecule has 0 spiro atoms. The quantitative estimate of drug-likeness (QED) is 0.297. The maximum atomic E-state index is 14.9. The van der Waals surface area contributed by atoms with Crippen LogP contribution >= 0.6 is 0 Å². The molecule has 0 saturated carbocycles. The molecule has 0 saturated heterocycles. The molecule has 0 amide bonds. The number of hydrogen-bond donors (Lipinski definition) is 0. The molecule has 0 aliphatic heterocycles. The summed E-state index contributed by atoms with van der Waals surface area (Å²) in [5, 5.41) is 2.21. The predicted octanol–water partition coefficient (Wildman–Crippen LogP) is 7.02. The van der Waals surface area contributed by atoms with Crippen molar-refractivity contribution >= 4 is 21.5 Å². The summed E-state index contributed by atoms with van der Waals surface area (Å²) >= 11 is 0. The Balaban J connectivity index is 1.91. The molecule has 0 atom stereocenters. The minimum absolute atomic E-state index is 0.233. The highest BCUT2D eigenvalue weighted by atomic mass is 19.1. The molecule has 3 aromatic rings. The van der Waals surface area contributed by atoms with Gasteiger partial charge in [0.2, 0.25) is 0 Å². The zero-order chi connectivity index (χ0) is 19.2. The number of halogens is 2. The first-order valence-corrected chi connectivity index (χ1v) is 9.76. The van der Waals surface area contributed by atoms with Crippen LogP contribution in [0.1, 0.15) is 46.0 Å². The summed E-state index contributed by atoms with van der Waals surface area (Å²) in [5.74, 6) is -0.311. The van der Waals surface area contributed by atoms with Crippen LogP contribution in [0, 0.1) is 11.6 Å². The van der Waals surface area contributed by atoms with Crippen LogP contribution in [0.5, 0.6) is 11.5 Å². The van der Waals surface area contributed by atoms with Gasteiger partial charge in [0, 0.05) is 10.8 Å². The first-order valence-electron chi connectivity index (χ1n) is 9.76. The fraction of sp³-hybridized carbons (Fsp3) is 0.391. The summed E-state index contributed by atoms with van der Waals surface area (Å²) in [4.78, 5) is 0. The summed E-state index contributed by atoms with van der Waals surface area (Å²) in [5.41, 5.74) is 0. The van der Waals surface area contributed by atoms with Gasteiger partial charge in [-0.3, -0.25) is 0 Å². The third kappa shape index (κ3) is 4.15. The van der Waals surface area contributed by atoms with Crippen molar-refractivity contribution in [2.45, 2.75) is 46.0 Å². The highest BCUT2D eigenvalue weighted by molar-refractivity contribution is 6.08. The van der Waals surface area contributed by atoms with Gasteiger partial charge < -0.3 is 9.47 Å². The minimum atomic E-state index is -0.403. The molecule has 0 fully saturated rings. The third-order valence-corrected chi connectivity index (χ3v) is 4.71. The van der Waals surface area contributed by atoms with Gasteiger partial charge in [-0.25, -0.2) is 8.78 Å². The second-order valence-corrected chi connectivity index (χ2v) is 6.77. The summed E-state index contributed by atoms with van der Waals surface area (Å²) in [6.07, 6.45) is 5.11. The fourth-order valence-corrected chi connectivity index (χ4v) is 3.25. The van der Waals surface area contributed by atoms with Gasteiger partial charge in [0.05, 0.1) is 13.2 Å². The van der Waals surface area contributed by atoms with Gasteiger partial charge >= 0.3 is 0 Å². The molecule has 3 aromatic carbocycles. The van der Waals surface area contributed by atoms with Crippen LogP contribution in [-0.4, -0.2) is 13.2 Å². The standard InChI is InChI=1S/C23H26F2O2/c1-3-5-6-7-15-27-21-13-11-17-16-10-12-20(26-14-4-2)22(24)18(16)8-9-19(17)23(21)25/h8-13H,3-7,14-15H2,1-2H3. The molecule has 0 radical (unpaired) electrons. The van der Waals surface area contributed by atoms with Crippen molar-refractivity contribution < 1.29 is 18.3 Å². The van der Waals surface area contributed by atoms with Crippen LogP contribution in [0.3, 0.4) is 0 Å². The van der Waals surface area contributed by atoms with E-state index in [1.165, 1.54) is 0 Å². The molecule has 0 aliphatic rings. The molecule has 0 aliphatic carbocycles. The number of ether oxygens (including phenoxy) is 2. The maximum absolute atomic E-state index is 14.9. The zero-order valence-electron chi connectivity index (χ0n) is 16.0. The van der Waals surface area contributed by atoms with Crippen LogP contribution in [-0.2, 0) is 0 Å². The molecule has 0 aromatic heterocycles. The average Bonchev–Trinajstić information content (AvgIpc) is 2.68. The number of rotatable bonds is 9. The Morgan fingerprint density at radius 1 is 0.593 bits per heavy atom. The Morgan fingerprint density at radius 3 is 1.63 bits per heavy atom. The van der Waals surface area contributed by atoms with Crippen molar-refractivity contribution in [3.63, 3.8) is 0 Å². The number of unbranched alkanes of at least 4 members (excludes halogenated alkanes) is 3. The van der Waals surface area contributed by atoms with E-state index in [0.717, 1.165) is 32.1 Å². The van der Waals surface area contributed by atoms with E-state index in [0.29, 0.717) is 34.8 Å². The molecular weight excluding hydrogens is 346 g/mol. The molecule has 0 bridgehead atoms. The lowest BCUT2D eigenvalue weighted by atomic mass is 10.0. The highest BCUT2D eigenvalue weighted by Gasteiger charge is 2.14. The lowest BCUT2D eigenvalue weighted by Gasteiger charge is -2.12. The van der Waals surface area contributed by atoms with E-state index in [1.54, 1.807) is 36.4 Å². The largest absolute Gasteiger partial charge is 0.491 e. The van der Waals surface area contributed by atoms with Gasteiger partial charge in [-0.05, 0) is 47.9 Å². The maximum Gasteiger partial charge on any atom is 0.172 e. The summed E-state index contributed by atoms with van der Waals surface area (Å²) < 4.78 is 40.7. The van der Waals surface area contributed by atoms with Gasteiger partial charge in [0.1, 0.15) is 0 Å². The summed E-state index contributed by atoms with van der Waals surface area (Å²) in [7, 11) is 0. The number of hydrogen-bond acceptors (Lipinski definition) is 2. The molecule has 0 heterocycles. The van der Waals surface area contributed by atoms with E-state index in [1.807, 2.05) is 6.92 Å². The molecule has 3 rings (SSSR count). The Kier molecular flexibility index (Phi) is 6.49. The Labute approximate surface area is 159 Å². The third-order valence-electron chi connectivity index (χ3n) is 4.71. The van der Waals surface area contributed by atoms with E-state index >= 15 is 0 Å². The SMILES string of the molecule is CCCCCCOc1ccc2c(ccc3c(F)c(OCCC)ccc32)c1F. The van der Waals surface area contributed by atoms with Crippen LogP contribution in [0.15, 0.2) is 36.4 Å². The lowest BCUT2D eigenvalue weighted by molar-refractivity contribution is 0.292. The van der Waals surface area contributed by atoms with Crippen molar-refractivity contribution in [2.24, 2.45) is 0 Å². The van der Waals surface area contributed by atoms with E-state index in [2.05, 4.69) is 6.92 Å². The monoisotopic (exact) mass is 372 g/mol. The molecule has 144 valence electrons. The van der Waals surface area contributed by atoms with Crippen LogP contribution in [0.4, 0.5) is 8.78 Å². The van der Waals surface area contributed by atoms with Crippen molar-refractivity contribution in [1.29, 1.82) is 0 Å². The Bertz CT molecular complexity index is 921. The van der Waals surface area contributed by atoms with Crippen molar-refractivity contribution in [2.75, 3.05) is 13.2 Å². The highest BCUT2D eigenvalue weighted by Crippen LogP contribution is 2.35. The van der Waals surface area contributed by atoms with Crippen LogP contribution in [0.25, 0.3) is 21.5 Å². The van der Waals surface area contributed by atoms with Crippen molar-refractivity contribution in [1.82, 2.24) is 0 Å². The van der Waals surface area contributed by atoms with E-state index in [-0.39, 0.29) is 11.5 Å². The Hall–Kier alpha value is -2.36. The van der Waals surface area contributed by atoms with Crippen LogP contribution in [0.2, 0.25) is 0 Å². The zero-order valence-corrected chi connectivity index (χ0v) is 16.0. The first kappa shape index (κ1) is 19.4. The van der Waals surface area contributed by atoms with Gasteiger partial charge in [0.25, 0.3) is 0 Å². The van der Waals surface area contributed by atoms with Gasteiger partial charge in [-0.1, -0.05) is 45.2 Å². The van der Waals surface area contributed by atoms with E-state index in [4.69, 9.17) is 9.47 Å². The number of fused-ring (bicyclic) bond motifs is 3. The predicted molar refractivity (Wildman–Crippen MR) is 107 cm³/mol. The Morgan fingerprint density at radius 2 is 1.11 bits per heavy atom. The molecular formula is C23H26F2O2. The van der Waals surface area contributed by atoms with Gasteiger partial charge in [-0.2, -0.15) is 0 Å². The van der Waals surface area contributed by atoms with E-state index < -0.39 is 11.6 Å². The smallest absolute Gasteiger partial charge is 0.172 e. The van der Waals surface area contributed by atoms with E-state index in [9.17, 15) is 8.78 Å². The molecule has 4 heteroatoms. The molecule has 2 nitrogen and oxygen atoms in total.